The molecule has 3 nitrogen and oxygen atoms in total. The van der Waals surface area contributed by atoms with Gasteiger partial charge in [-0.05, 0) is 56.9 Å². The minimum Gasteiger partial charge on any atom is -0.490 e. The molecule has 100 valence electrons. The van der Waals surface area contributed by atoms with E-state index in [1.807, 2.05) is 12.1 Å². The molecular formula is C15H23NO2. The van der Waals surface area contributed by atoms with Crippen molar-refractivity contribution in [1.29, 1.82) is 0 Å². The summed E-state index contributed by atoms with van der Waals surface area (Å²) in [6.45, 7) is 2.81. The van der Waals surface area contributed by atoms with Crippen molar-refractivity contribution >= 4 is 5.69 Å². The van der Waals surface area contributed by atoms with Crippen molar-refractivity contribution in [3.05, 3.63) is 24.3 Å². The standard InChI is InChI=1S/C15H23NO2/c1-12(11-17-2)16-13-7-9-15(10-8-13)18-14-5-3-4-6-14/h7-10,12,14,16H,3-6,11H2,1-2H3. The first-order valence-electron chi connectivity index (χ1n) is 6.80. The van der Waals surface area contributed by atoms with Gasteiger partial charge in [0.05, 0.1) is 12.7 Å². The number of methoxy groups -OCH3 is 1. The van der Waals surface area contributed by atoms with E-state index in [1.165, 1.54) is 25.7 Å². The second-order valence-electron chi connectivity index (χ2n) is 5.05. The zero-order valence-corrected chi connectivity index (χ0v) is 11.3. The highest BCUT2D eigenvalue weighted by molar-refractivity contribution is 5.47. The fourth-order valence-corrected chi connectivity index (χ4v) is 2.40. The van der Waals surface area contributed by atoms with Crippen LogP contribution in [0.1, 0.15) is 32.6 Å². The van der Waals surface area contributed by atoms with Gasteiger partial charge in [0.1, 0.15) is 5.75 Å². The molecular weight excluding hydrogens is 226 g/mol. The van der Waals surface area contributed by atoms with E-state index in [9.17, 15) is 0 Å². The van der Waals surface area contributed by atoms with E-state index in [-0.39, 0.29) is 0 Å². The minimum absolute atomic E-state index is 0.316. The van der Waals surface area contributed by atoms with Crippen LogP contribution in [0.2, 0.25) is 0 Å². The van der Waals surface area contributed by atoms with Crippen molar-refractivity contribution in [3.63, 3.8) is 0 Å². The summed E-state index contributed by atoms with van der Waals surface area (Å²) < 4.78 is 11.0. The molecule has 2 rings (SSSR count). The van der Waals surface area contributed by atoms with Gasteiger partial charge in [-0.2, -0.15) is 0 Å². The van der Waals surface area contributed by atoms with Crippen molar-refractivity contribution in [3.8, 4) is 5.75 Å². The van der Waals surface area contributed by atoms with Crippen molar-refractivity contribution in [2.75, 3.05) is 19.0 Å². The molecule has 0 aromatic heterocycles. The van der Waals surface area contributed by atoms with Gasteiger partial charge in [-0.15, -0.1) is 0 Å². The normalized spacial score (nSPS) is 17.7. The van der Waals surface area contributed by atoms with Gasteiger partial charge < -0.3 is 14.8 Å². The molecule has 1 atom stereocenters. The Morgan fingerprint density at radius 3 is 2.50 bits per heavy atom. The van der Waals surface area contributed by atoms with Crippen LogP contribution in [0.25, 0.3) is 0 Å². The van der Waals surface area contributed by atoms with Crippen LogP contribution in [-0.2, 0) is 4.74 Å². The van der Waals surface area contributed by atoms with Gasteiger partial charge >= 0.3 is 0 Å². The molecule has 1 aromatic rings. The molecule has 0 bridgehead atoms. The van der Waals surface area contributed by atoms with Gasteiger partial charge in [0.25, 0.3) is 0 Å². The van der Waals surface area contributed by atoms with Crippen LogP contribution in [0.5, 0.6) is 5.75 Å². The Morgan fingerprint density at radius 2 is 1.89 bits per heavy atom. The maximum atomic E-state index is 5.93. The average Bonchev–Trinajstić information content (AvgIpc) is 2.85. The second-order valence-corrected chi connectivity index (χ2v) is 5.05. The Morgan fingerprint density at radius 1 is 1.22 bits per heavy atom. The van der Waals surface area contributed by atoms with E-state index in [4.69, 9.17) is 9.47 Å². The Labute approximate surface area is 109 Å². The number of anilines is 1. The van der Waals surface area contributed by atoms with Gasteiger partial charge in [0.2, 0.25) is 0 Å². The zero-order valence-electron chi connectivity index (χ0n) is 11.3. The number of hydrogen-bond acceptors (Lipinski definition) is 3. The fraction of sp³-hybridized carbons (Fsp3) is 0.600. The van der Waals surface area contributed by atoms with Crippen LogP contribution in [0.15, 0.2) is 24.3 Å². The third-order valence-corrected chi connectivity index (χ3v) is 3.29. The third-order valence-electron chi connectivity index (χ3n) is 3.29. The molecule has 1 saturated carbocycles. The van der Waals surface area contributed by atoms with E-state index >= 15 is 0 Å². The number of benzene rings is 1. The van der Waals surface area contributed by atoms with Gasteiger partial charge in [-0.1, -0.05) is 0 Å². The molecule has 1 unspecified atom stereocenters. The van der Waals surface area contributed by atoms with Crippen molar-refractivity contribution < 1.29 is 9.47 Å². The van der Waals surface area contributed by atoms with E-state index in [1.54, 1.807) is 7.11 Å². The SMILES string of the molecule is COCC(C)Nc1ccc(OC2CCCC2)cc1. The molecule has 3 heteroatoms. The summed E-state index contributed by atoms with van der Waals surface area (Å²) in [5, 5.41) is 3.38. The fourth-order valence-electron chi connectivity index (χ4n) is 2.40. The van der Waals surface area contributed by atoms with Crippen LogP contribution >= 0.6 is 0 Å². The summed E-state index contributed by atoms with van der Waals surface area (Å²) in [7, 11) is 1.72. The molecule has 1 aromatic carbocycles. The maximum Gasteiger partial charge on any atom is 0.119 e. The molecule has 18 heavy (non-hydrogen) atoms. The molecule has 0 saturated heterocycles. The quantitative estimate of drug-likeness (QED) is 0.837. The monoisotopic (exact) mass is 249 g/mol. The molecule has 0 amide bonds. The van der Waals surface area contributed by atoms with E-state index < -0.39 is 0 Å². The van der Waals surface area contributed by atoms with Gasteiger partial charge in [0.15, 0.2) is 0 Å². The molecule has 0 heterocycles. The molecule has 1 aliphatic rings. The highest BCUT2D eigenvalue weighted by atomic mass is 16.5. The number of rotatable bonds is 6. The molecule has 0 aliphatic heterocycles. The summed E-state index contributed by atoms with van der Waals surface area (Å²) in [4.78, 5) is 0. The number of hydrogen-bond donors (Lipinski definition) is 1. The second kappa shape index (κ2) is 6.64. The summed E-state index contributed by atoms with van der Waals surface area (Å²) >= 11 is 0. The molecule has 1 N–H and O–H groups in total. The lowest BCUT2D eigenvalue weighted by Gasteiger charge is -2.16. The summed E-state index contributed by atoms with van der Waals surface area (Å²) in [5.41, 5.74) is 1.11. The summed E-state index contributed by atoms with van der Waals surface area (Å²) in [6.07, 6.45) is 5.43. The predicted molar refractivity (Wildman–Crippen MR) is 74.3 cm³/mol. The van der Waals surface area contributed by atoms with E-state index in [0.717, 1.165) is 11.4 Å². The molecule has 0 radical (unpaired) electrons. The third kappa shape index (κ3) is 3.91. The van der Waals surface area contributed by atoms with Crippen LogP contribution in [0, 0.1) is 0 Å². The smallest absolute Gasteiger partial charge is 0.119 e. The van der Waals surface area contributed by atoms with E-state index in [2.05, 4.69) is 24.4 Å². The number of nitrogens with one attached hydrogen (secondary N) is 1. The Hall–Kier alpha value is -1.22. The average molecular weight is 249 g/mol. The van der Waals surface area contributed by atoms with Crippen molar-refractivity contribution in [2.45, 2.75) is 44.8 Å². The molecule has 1 aliphatic carbocycles. The van der Waals surface area contributed by atoms with Gasteiger partial charge in [-0.3, -0.25) is 0 Å². The van der Waals surface area contributed by atoms with Gasteiger partial charge in [0, 0.05) is 18.8 Å². The Bertz CT molecular complexity index is 344. The highest BCUT2D eigenvalue weighted by Crippen LogP contribution is 2.25. The lowest BCUT2D eigenvalue weighted by molar-refractivity contribution is 0.190. The lowest BCUT2D eigenvalue weighted by atomic mass is 10.2. The Kier molecular flexibility index (Phi) is 4.88. The Balaban J connectivity index is 1.84. The van der Waals surface area contributed by atoms with Crippen molar-refractivity contribution in [1.82, 2.24) is 0 Å². The summed E-state index contributed by atoms with van der Waals surface area (Å²) in [6, 6.07) is 8.53. The topological polar surface area (TPSA) is 30.5 Å². The minimum atomic E-state index is 0.316. The maximum absolute atomic E-state index is 5.93. The largest absolute Gasteiger partial charge is 0.490 e. The van der Waals surface area contributed by atoms with Gasteiger partial charge in [-0.25, -0.2) is 0 Å². The lowest BCUT2D eigenvalue weighted by Crippen LogP contribution is -2.20. The van der Waals surface area contributed by atoms with Crippen LogP contribution in [0.4, 0.5) is 5.69 Å². The highest BCUT2D eigenvalue weighted by Gasteiger charge is 2.16. The van der Waals surface area contributed by atoms with E-state index in [0.29, 0.717) is 18.8 Å². The van der Waals surface area contributed by atoms with Crippen LogP contribution in [-0.4, -0.2) is 25.9 Å². The first-order valence-corrected chi connectivity index (χ1v) is 6.80. The first kappa shape index (κ1) is 13.2. The predicted octanol–water partition coefficient (Wildman–Crippen LogP) is 3.45. The molecule has 0 spiro atoms. The summed E-state index contributed by atoms with van der Waals surface area (Å²) in [5.74, 6) is 0.979. The first-order chi connectivity index (χ1) is 8.78. The van der Waals surface area contributed by atoms with Crippen LogP contribution in [0.3, 0.4) is 0 Å². The zero-order chi connectivity index (χ0) is 12.8. The molecule has 1 fully saturated rings. The van der Waals surface area contributed by atoms with Crippen molar-refractivity contribution in [2.24, 2.45) is 0 Å². The van der Waals surface area contributed by atoms with Crippen LogP contribution < -0.4 is 10.1 Å². The number of ether oxygens (including phenoxy) is 2.